The zero-order valence-electron chi connectivity index (χ0n) is 15.6. The summed E-state index contributed by atoms with van der Waals surface area (Å²) >= 11 is 0. The summed E-state index contributed by atoms with van der Waals surface area (Å²) < 4.78 is 23.0. The number of likely N-dealkylation sites (tertiary alicyclic amines) is 1. The van der Waals surface area contributed by atoms with Crippen molar-refractivity contribution in [2.45, 2.75) is 25.3 Å². The van der Waals surface area contributed by atoms with Crippen LogP contribution in [-0.2, 0) is 14.6 Å². The van der Waals surface area contributed by atoms with Gasteiger partial charge in [-0.1, -0.05) is 0 Å². The van der Waals surface area contributed by atoms with Gasteiger partial charge < -0.3 is 14.7 Å². The molecule has 8 nitrogen and oxygen atoms in total. The molecule has 1 aromatic rings. The van der Waals surface area contributed by atoms with Crippen molar-refractivity contribution in [2.24, 2.45) is 5.92 Å². The van der Waals surface area contributed by atoms with Crippen molar-refractivity contribution in [3.05, 3.63) is 12.3 Å². The molecule has 26 heavy (non-hydrogen) atoms. The molecule has 3 rings (SSSR count). The van der Waals surface area contributed by atoms with Crippen LogP contribution in [0, 0.1) is 5.92 Å². The summed E-state index contributed by atoms with van der Waals surface area (Å²) in [5.74, 6) is 1.70. The highest BCUT2D eigenvalue weighted by Gasteiger charge is 2.37. The maximum absolute atomic E-state index is 12.3. The number of nitrogens with zero attached hydrogens (tertiary/aromatic N) is 5. The Labute approximate surface area is 155 Å². The summed E-state index contributed by atoms with van der Waals surface area (Å²) in [6.07, 6.45) is 5.06. The van der Waals surface area contributed by atoms with E-state index in [0.29, 0.717) is 13.0 Å². The predicted octanol–water partition coefficient (Wildman–Crippen LogP) is 0.405. The minimum Gasteiger partial charge on any atom is -0.363 e. The van der Waals surface area contributed by atoms with Crippen LogP contribution in [0.15, 0.2) is 12.3 Å². The Hall–Kier alpha value is -1.90. The minimum atomic E-state index is -3.05. The van der Waals surface area contributed by atoms with Gasteiger partial charge in [0.25, 0.3) is 0 Å². The van der Waals surface area contributed by atoms with Crippen molar-refractivity contribution >= 4 is 27.5 Å². The second-order valence-corrected chi connectivity index (χ2v) is 9.72. The second kappa shape index (κ2) is 7.38. The summed E-state index contributed by atoms with van der Waals surface area (Å²) in [7, 11) is 0.849. The van der Waals surface area contributed by atoms with Crippen molar-refractivity contribution in [3.8, 4) is 0 Å². The molecule has 1 amide bonds. The molecule has 1 unspecified atom stereocenters. The maximum atomic E-state index is 12.3. The molecule has 2 saturated heterocycles. The Morgan fingerprint density at radius 3 is 2.58 bits per heavy atom. The van der Waals surface area contributed by atoms with Gasteiger partial charge in [0, 0.05) is 58.6 Å². The minimum absolute atomic E-state index is 0.0735. The molecular weight excluding hydrogens is 354 g/mol. The van der Waals surface area contributed by atoms with Crippen LogP contribution < -0.4 is 9.80 Å². The molecular formula is C17H27N5O3S. The molecule has 2 fully saturated rings. The fourth-order valence-electron chi connectivity index (χ4n) is 3.82. The van der Waals surface area contributed by atoms with Crippen molar-refractivity contribution in [2.75, 3.05) is 55.5 Å². The van der Waals surface area contributed by atoms with Crippen molar-refractivity contribution in [3.63, 3.8) is 0 Å². The van der Waals surface area contributed by atoms with Crippen molar-refractivity contribution < 1.29 is 13.2 Å². The molecule has 3 heterocycles. The number of carbonyl (C=O) groups is 1. The largest absolute Gasteiger partial charge is 0.363 e. The highest BCUT2D eigenvalue weighted by atomic mass is 32.2. The monoisotopic (exact) mass is 381 g/mol. The molecule has 0 aliphatic carbocycles. The van der Waals surface area contributed by atoms with E-state index in [2.05, 4.69) is 14.9 Å². The lowest BCUT2D eigenvalue weighted by molar-refractivity contribution is -0.130. The van der Waals surface area contributed by atoms with Crippen LogP contribution >= 0.6 is 0 Å². The zero-order chi connectivity index (χ0) is 18.9. The van der Waals surface area contributed by atoms with E-state index < -0.39 is 9.84 Å². The van der Waals surface area contributed by atoms with E-state index in [9.17, 15) is 13.2 Å². The topological polar surface area (TPSA) is 86.7 Å². The highest BCUT2D eigenvalue weighted by Crippen LogP contribution is 2.27. The molecule has 9 heteroatoms. The first-order chi connectivity index (χ1) is 12.2. The lowest BCUT2D eigenvalue weighted by Crippen LogP contribution is -2.46. The van der Waals surface area contributed by atoms with E-state index in [0.717, 1.165) is 37.7 Å². The molecule has 0 bridgehead atoms. The molecule has 1 aromatic heterocycles. The maximum Gasteiger partial charge on any atom is 0.227 e. The highest BCUT2D eigenvalue weighted by molar-refractivity contribution is 7.90. The second-order valence-electron chi connectivity index (χ2n) is 7.54. The Balaban J connectivity index is 1.59. The van der Waals surface area contributed by atoms with Gasteiger partial charge in [0.1, 0.15) is 15.7 Å². The van der Waals surface area contributed by atoms with Crippen molar-refractivity contribution in [1.82, 2.24) is 14.9 Å². The summed E-state index contributed by atoms with van der Waals surface area (Å²) in [6.45, 7) is 2.15. The van der Waals surface area contributed by atoms with Crippen LogP contribution in [0.25, 0.3) is 0 Å². The number of hydrogen-bond donors (Lipinski definition) is 0. The summed E-state index contributed by atoms with van der Waals surface area (Å²) in [4.78, 5) is 27.3. The lowest BCUT2D eigenvalue weighted by atomic mass is 10.0. The normalized spacial score (nSPS) is 22.1. The summed E-state index contributed by atoms with van der Waals surface area (Å²) in [5.41, 5.74) is 0. The van der Waals surface area contributed by atoms with E-state index in [1.165, 1.54) is 6.26 Å². The number of aromatic nitrogens is 2. The number of carbonyl (C=O) groups excluding carboxylic acids is 1. The number of amides is 1. The van der Waals surface area contributed by atoms with E-state index in [1.54, 1.807) is 6.20 Å². The van der Waals surface area contributed by atoms with Gasteiger partial charge in [0.05, 0.1) is 5.75 Å². The van der Waals surface area contributed by atoms with Crippen LogP contribution in [-0.4, -0.2) is 81.0 Å². The Morgan fingerprint density at radius 1 is 1.27 bits per heavy atom. The third-order valence-electron chi connectivity index (χ3n) is 5.05. The Kier molecular flexibility index (Phi) is 5.36. The fraction of sp³-hybridized carbons (Fsp3) is 0.706. The Bertz CT molecular complexity index is 759. The number of sulfone groups is 1. The van der Waals surface area contributed by atoms with Gasteiger partial charge in [-0.15, -0.1) is 0 Å². The lowest BCUT2D eigenvalue weighted by Gasteiger charge is -2.37. The van der Waals surface area contributed by atoms with Crippen molar-refractivity contribution in [1.29, 1.82) is 0 Å². The van der Waals surface area contributed by atoms with Crippen LogP contribution in [0.5, 0.6) is 0 Å². The van der Waals surface area contributed by atoms with Crippen LogP contribution in [0.1, 0.15) is 19.3 Å². The molecule has 0 radical (unpaired) electrons. The first-order valence-electron chi connectivity index (χ1n) is 8.95. The van der Waals surface area contributed by atoms with E-state index in [-0.39, 0.29) is 23.6 Å². The molecule has 0 spiro atoms. The van der Waals surface area contributed by atoms with E-state index in [4.69, 9.17) is 0 Å². The first kappa shape index (κ1) is 18.9. The average molecular weight is 382 g/mol. The third-order valence-corrected chi connectivity index (χ3v) is 6.13. The smallest absolute Gasteiger partial charge is 0.227 e. The van der Waals surface area contributed by atoms with Crippen LogP contribution in [0.4, 0.5) is 11.8 Å². The Morgan fingerprint density at radius 2 is 1.96 bits per heavy atom. The zero-order valence-corrected chi connectivity index (χ0v) is 16.4. The quantitative estimate of drug-likeness (QED) is 0.730. The fourth-order valence-corrected chi connectivity index (χ4v) is 4.90. The molecule has 1 atom stereocenters. The molecule has 0 N–H and O–H groups in total. The molecule has 0 aromatic carbocycles. The SMILES string of the molecule is CN(C)c1ccnc(N2CCC(N3CC(CS(C)(=O)=O)CC3=O)CC2)n1. The van der Waals surface area contributed by atoms with Gasteiger partial charge in [-0.05, 0) is 24.8 Å². The molecule has 2 aliphatic heterocycles. The standard InChI is InChI=1S/C17H27N5O3S/c1-20(2)15-4-7-18-17(19-15)21-8-5-14(6-9-21)22-11-13(10-16(22)23)12-26(3,24)25/h4,7,13-14H,5-6,8-12H2,1-3H3. The van der Waals surface area contributed by atoms with Gasteiger partial charge in [-0.2, -0.15) is 4.98 Å². The number of rotatable bonds is 5. The molecule has 0 saturated carbocycles. The average Bonchev–Trinajstić information content (AvgIpc) is 2.93. The van der Waals surface area contributed by atoms with Gasteiger partial charge in [-0.25, -0.2) is 13.4 Å². The molecule has 2 aliphatic rings. The van der Waals surface area contributed by atoms with Gasteiger partial charge in [0.2, 0.25) is 11.9 Å². The number of hydrogen-bond acceptors (Lipinski definition) is 7. The first-order valence-corrected chi connectivity index (χ1v) is 11.0. The van der Waals surface area contributed by atoms with E-state index >= 15 is 0 Å². The summed E-state index contributed by atoms with van der Waals surface area (Å²) in [5, 5.41) is 0. The van der Waals surface area contributed by atoms with Gasteiger partial charge in [-0.3, -0.25) is 4.79 Å². The van der Waals surface area contributed by atoms with Crippen LogP contribution in [0.3, 0.4) is 0 Å². The van der Waals surface area contributed by atoms with E-state index in [1.807, 2.05) is 30.0 Å². The predicted molar refractivity (Wildman–Crippen MR) is 101 cm³/mol. The molecule has 144 valence electrons. The van der Waals surface area contributed by atoms with Gasteiger partial charge >= 0.3 is 0 Å². The number of anilines is 2. The third kappa shape index (κ3) is 4.44. The summed E-state index contributed by atoms with van der Waals surface area (Å²) in [6, 6.07) is 2.06. The van der Waals surface area contributed by atoms with Crippen LogP contribution in [0.2, 0.25) is 0 Å². The van der Waals surface area contributed by atoms with Gasteiger partial charge in [0.15, 0.2) is 0 Å². The number of piperidine rings is 1.